The maximum absolute atomic E-state index is 5.65. The van der Waals surface area contributed by atoms with Crippen LogP contribution in [0.4, 0.5) is 0 Å². The number of benzene rings is 2. The summed E-state index contributed by atoms with van der Waals surface area (Å²) in [6.07, 6.45) is 2.89. The third kappa shape index (κ3) is 3.89. The van der Waals surface area contributed by atoms with E-state index < -0.39 is 0 Å². The van der Waals surface area contributed by atoms with E-state index in [2.05, 4.69) is 45.6 Å². The van der Waals surface area contributed by atoms with Crippen LogP contribution >= 0.6 is 11.8 Å². The number of ether oxygens (including phenoxy) is 2. The molecule has 6 heteroatoms. The molecule has 0 unspecified atom stereocenters. The standard InChI is InChI=1S/C25H25N3O2S/c1-29-18-7-8-21-20(14-18)19-10-12-27-24(25(19)28-21)16-6-9-22(30-2)17(13-16)15-31-23-5-3-4-11-26-23/h3-9,11,13-14,24,27-28H,10,12,15H2,1-2H3/p+1/t24-/m1/s1. The van der Waals surface area contributed by atoms with Crippen LogP contribution in [0.15, 0.2) is 65.8 Å². The number of nitrogens with one attached hydrogen (secondary N) is 1. The average molecular weight is 433 g/mol. The van der Waals surface area contributed by atoms with E-state index in [0.717, 1.165) is 35.2 Å². The Morgan fingerprint density at radius 3 is 2.84 bits per heavy atom. The van der Waals surface area contributed by atoms with Crippen LogP contribution in [-0.4, -0.2) is 30.7 Å². The second-order valence-corrected chi connectivity index (χ2v) is 8.70. The number of pyridine rings is 1. The molecule has 0 radical (unpaired) electrons. The summed E-state index contributed by atoms with van der Waals surface area (Å²) in [5.74, 6) is 2.64. The SMILES string of the molecule is COc1ccc2[nH]c3c(c2c1)CC[NH2+][C@@H]3c1ccc(OC)c(CSc2ccccn2)c1. The lowest BCUT2D eigenvalue weighted by molar-refractivity contribution is -0.690. The van der Waals surface area contributed by atoms with Gasteiger partial charge in [0.25, 0.3) is 0 Å². The predicted octanol–water partition coefficient (Wildman–Crippen LogP) is 4.08. The monoisotopic (exact) mass is 432 g/mol. The fourth-order valence-corrected chi connectivity index (χ4v) is 5.25. The lowest BCUT2D eigenvalue weighted by atomic mass is 9.93. The first kappa shape index (κ1) is 20.0. The van der Waals surface area contributed by atoms with Gasteiger partial charge in [0.15, 0.2) is 6.04 Å². The van der Waals surface area contributed by atoms with Crippen molar-refractivity contribution in [1.82, 2.24) is 9.97 Å². The average Bonchev–Trinajstić information content (AvgIpc) is 3.21. The number of aromatic nitrogens is 2. The Bertz CT molecular complexity index is 1210. The highest BCUT2D eigenvalue weighted by Crippen LogP contribution is 2.35. The first-order chi connectivity index (χ1) is 15.3. The number of methoxy groups -OCH3 is 2. The van der Waals surface area contributed by atoms with Gasteiger partial charge in [0, 0.05) is 40.4 Å². The number of rotatable bonds is 6. The Balaban J connectivity index is 1.49. The fourth-order valence-electron chi connectivity index (χ4n) is 4.41. The van der Waals surface area contributed by atoms with Crippen molar-refractivity contribution in [2.45, 2.75) is 23.2 Å². The molecular formula is C25H26N3O2S+. The van der Waals surface area contributed by atoms with E-state index in [9.17, 15) is 0 Å². The fraction of sp³-hybridized carbons (Fsp3) is 0.240. The van der Waals surface area contributed by atoms with Crippen LogP contribution in [0, 0.1) is 0 Å². The van der Waals surface area contributed by atoms with Gasteiger partial charge in [-0.1, -0.05) is 6.07 Å². The van der Waals surface area contributed by atoms with Gasteiger partial charge in [0.1, 0.15) is 11.5 Å². The van der Waals surface area contributed by atoms with Crippen LogP contribution in [0.5, 0.6) is 11.5 Å². The van der Waals surface area contributed by atoms with Gasteiger partial charge in [-0.05, 0) is 54.1 Å². The molecule has 2 aromatic heterocycles. The van der Waals surface area contributed by atoms with Gasteiger partial charge in [0.05, 0.1) is 31.5 Å². The number of nitrogens with zero attached hydrogens (tertiary/aromatic N) is 1. The molecule has 31 heavy (non-hydrogen) atoms. The molecule has 0 amide bonds. The van der Waals surface area contributed by atoms with Gasteiger partial charge in [-0.3, -0.25) is 0 Å². The van der Waals surface area contributed by atoms with Crippen LogP contribution in [0.1, 0.15) is 28.4 Å². The zero-order valence-corrected chi connectivity index (χ0v) is 18.5. The van der Waals surface area contributed by atoms with Crippen LogP contribution in [0.25, 0.3) is 10.9 Å². The van der Waals surface area contributed by atoms with Crippen LogP contribution < -0.4 is 14.8 Å². The Kier molecular flexibility index (Phi) is 5.57. The maximum Gasteiger partial charge on any atom is 0.153 e. The smallest absolute Gasteiger partial charge is 0.153 e. The van der Waals surface area contributed by atoms with Gasteiger partial charge in [-0.2, -0.15) is 0 Å². The van der Waals surface area contributed by atoms with E-state index in [1.807, 2.05) is 30.5 Å². The first-order valence-electron chi connectivity index (χ1n) is 10.5. The van der Waals surface area contributed by atoms with E-state index in [1.165, 1.54) is 33.3 Å². The van der Waals surface area contributed by atoms with E-state index >= 15 is 0 Å². The van der Waals surface area contributed by atoms with Crippen molar-refractivity contribution in [3.8, 4) is 11.5 Å². The molecule has 0 bridgehead atoms. The zero-order valence-electron chi connectivity index (χ0n) is 17.7. The Morgan fingerprint density at radius 2 is 2.03 bits per heavy atom. The molecule has 0 aliphatic carbocycles. The molecule has 0 fully saturated rings. The lowest BCUT2D eigenvalue weighted by Gasteiger charge is -2.22. The summed E-state index contributed by atoms with van der Waals surface area (Å²) >= 11 is 1.73. The highest BCUT2D eigenvalue weighted by atomic mass is 32.2. The van der Waals surface area contributed by atoms with Gasteiger partial charge < -0.3 is 19.8 Å². The topological polar surface area (TPSA) is 63.8 Å². The Labute approximate surface area is 186 Å². The highest BCUT2D eigenvalue weighted by molar-refractivity contribution is 7.98. The van der Waals surface area contributed by atoms with Crippen LogP contribution in [0.2, 0.25) is 0 Å². The quantitative estimate of drug-likeness (QED) is 0.451. The van der Waals surface area contributed by atoms with Crippen molar-refractivity contribution in [3.05, 3.63) is 83.2 Å². The molecule has 0 spiro atoms. The molecule has 3 N–H and O–H groups in total. The van der Waals surface area contributed by atoms with E-state index in [4.69, 9.17) is 9.47 Å². The summed E-state index contributed by atoms with van der Waals surface area (Å²) in [6.45, 7) is 1.06. The largest absolute Gasteiger partial charge is 0.497 e. The summed E-state index contributed by atoms with van der Waals surface area (Å²) in [5, 5.41) is 4.71. The molecule has 158 valence electrons. The number of hydrogen-bond acceptors (Lipinski definition) is 4. The molecule has 1 aliphatic heterocycles. The number of quaternary nitrogens is 1. The second-order valence-electron chi connectivity index (χ2n) is 7.71. The second kappa shape index (κ2) is 8.65. The number of fused-ring (bicyclic) bond motifs is 3. The first-order valence-corrected chi connectivity index (χ1v) is 11.5. The normalized spacial score (nSPS) is 15.6. The van der Waals surface area contributed by atoms with E-state index in [1.54, 1.807) is 26.0 Å². The summed E-state index contributed by atoms with van der Waals surface area (Å²) in [7, 11) is 3.46. The lowest BCUT2D eigenvalue weighted by Crippen LogP contribution is -2.87. The summed E-state index contributed by atoms with van der Waals surface area (Å²) in [6, 6.07) is 19.1. The Hall–Kier alpha value is -2.96. The summed E-state index contributed by atoms with van der Waals surface area (Å²) in [4.78, 5) is 8.12. The minimum Gasteiger partial charge on any atom is -0.497 e. The number of aromatic amines is 1. The van der Waals surface area contributed by atoms with Crippen molar-refractivity contribution < 1.29 is 14.8 Å². The molecule has 0 saturated heterocycles. The molecule has 0 saturated carbocycles. The molecule has 5 rings (SSSR count). The van der Waals surface area contributed by atoms with Gasteiger partial charge in [0.2, 0.25) is 0 Å². The van der Waals surface area contributed by atoms with Crippen molar-refractivity contribution in [1.29, 1.82) is 0 Å². The van der Waals surface area contributed by atoms with Crippen LogP contribution in [0.3, 0.4) is 0 Å². The maximum atomic E-state index is 5.65. The molecular weight excluding hydrogens is 406 g/mol. The van der Waals surface area contributed by atoms with Crippen LogP contribution in [-0.2, 0) is 12.2 Å². The number of H-pyrrole nitrogens is 1. The van der Waals surface area contributed by atoms with Crippen molar-refractivity contribution >= 4 is 22.7 Å². The molecule has 2 aromatic carbocycles. The van der Waals surface area contributed by atoms with E-state index in [-0.39, 0.29) is 6.04 Å². The minimum atomic E-state index is 0.242. The summed E-state index contributed by atoms with van der Waals surface area (Å²) in [5.41, 5.74) is 6.35. The summed E-state index contributed by atoms with van der Waals surface area (Å²) < 4.78 is 11.1. The third-order valence-corrected chi connectivity index (χ3v) is 6.92. The molecule has 1 aliphatic rings. The number of hydrogen-bond donors (Lipinski definition) is 2. The van der Waals surface area contributed by atoms with Crippen molar-refractivity contribution in [2.24, 2.45) is 0 Å². The van der Waals surface area contributed by atoms with Gasteiger partial charge >= 0.3 is 0 Å². The molecule has 3 heterocycles. The van der Waals surface area contributed by atoms with Crippen molar-refractivity contribution in [2.75, 3.05) is 20.8 Å². The highest BCUT2D eigenvalue weighted by Gasteiger charge is 2.29. The molecule has 5 nitrogen and oxygen atoms in total. The molecule has 1 atom stereocenters. The van der Waals surface area contributed by atoms with E-state index in [0.29, 0.717) is 0 Å². The van der Waals surface area contributed by atoms with Crippen molar-refractivity contribution in [3.63, 3.8) is 0 Å². The zero-order chi connectivity index (χ0) is 21.2. The van der Waals surface area contributed by atoms with Gasteiger partial charge in [-0.25, -0.2) is 4.98 Å². The minimum absolute atomic E-state index is 0.242. The number of nitrogens with two attached hydrogens (primary N) is 1. The Morgan fingerprint density at radius 1 is 1.10 bits per heavy atom. The third-order valence-electron chi connectivity index (χ3n) is 5.93. The van der Waals surface area contributed by atoms with Gasteiger partial charge in [-0.15, -0.1) is 11.8 Å². The predicted molar refractivity (Wildman–Crippen MR) is 124 cm³/mol. The molecule has 4 aromatic rings. The number of thioether (sulfide) groups is 1.